The number of aliphatic imine (C=N–C) groups is 1. The molecule has 4 heterocycles. The number of nitrogens with one attached hydrogen (secondary N) is 1. The first-order valence-electron chi connectivity index (χ1n) is 10.7. The molecule has 4 fully saturated rings. The van der Waals surface area contributed by atoms with Crippen molar-refractivity contribution < 1.29 is 17.9 Å². The van der Waals surface area contributed by atoms with Crippen LogP contribution < -0.4 is 5.32 Å². The first-order chi connectivity index (χ1) is 14.4. The summed E-state index contributed by atoms with van der Waals surface area (Å²) in [5.74, 6) is 0.815. The largest absolute Gasteiger partial charge is 0.416 e. The zero-order chi connectivity index (χ0) is 21.1. The van der Waals surface area contributed by atoms with E-state index in [2.05, 4.69) is 20.0 Å². The zero-order valence-electron chi connectivity index (χ0n) is 17.8. The molecule has 0 amide bonds. The Bertz CT molecular complexity index is 755. The second-order valence-electron chi connectivity index (χ2n) is 8.11. The van der Waals surface area contributed by atoms with Crippen molar-refractivity contribution in [2.75, 3.05) is 65.5 Å². The van der Waals surface area contributed by atoms with Gasteiger partial charge in [-0.2, -0.15) is 13.2 Å². The van der Waals surface area contributed by atoms with Gasteiger partial charge in [-0.15, -0.1) is 24.0 Å². The molecule has 31 heavy (non-hydrogen) atoms. The smallest absolute Gasteiger partial charge is 0.370 e. The minimum absolute atomic E-state index is 0. The zero-order valence-corrected chi connectivity index (χ0v) is 20.1. The Hall–Kier alpha value is -1.11. The first kappa shape index (κ1) is 24.5. The lowest BCUT2D eigenvalue weighted by Gasteiger charge is -2.47. The maximum Gasteiger partial charge on any atom is 0.416 e. The lowest BCUT2D eigenvalue weighted by atomic mass is 10.0. The summed E-state index contributed by atoms with van der Waals surface area (Å²) in [7, 11) is 0. The van der Waals surface area contributed by atoms with Crippen molar-refractivity contribution in [3.8, 4) is 0 Å². The van der Waals surface area contributed by atoms with Crippen LogP contribution in [0.5, 0.6) is 0 Å². The van der Waals surface area contributed by atoms with Crippen LogP contribution in [0.15, 0.2) is 29.3 Å². The van der Waals surface area contributed by atoms with Crippen LogP contribution in [0.1, 0.15) is 24.2 Å². The fourth-order valence-corrected chi connectivity index (χ4v) is 4.47. The number of guanidine groups is 1. The summed E-state index contributed by atoms with van der Waals surface area (Å²) in [5.41, 5.74) is -0.0911. The van der Waals surface area contributed by atoms with Gasteiger partial charge in [-0.3, -0.25) is 14.8 Å². The number of benzene rings is 1. The van der Waals surface area contributed by atoms with E-state index >= 15 is 0 Å². The summed E-state index contributed by atoms with van der Waals surface area (Å²) >= 11 is 0. The predicted octanol–water partition coefficient (Wildman–Crippen LogP) is 2.66. The number of morpholine rings is 1. The number of ether oxygens (including phenoxy) is 1. The SMILES string of the molecule is CCNC(=NCC1CN2CCN1CC2)N1CCOC(c2cccc(C(F)(F)F)c2)C1.I. The van der Waals surface area contributed by atoms with Crippen LogP contribution in [0, 0.1) is 0 Å². The molecule has 1 aromatic rings. The van der Waals surface area contributed by atoms with E-state index in [1.54, 1.807) is 6.07 Å². The molecule has 0 aliphatic carbocycles. The van der Waals surface area contributed by atoms with Crippen LogP contribution >= 0.6 is 24.0 Å². The van der Waals surface area contributed by atoms with Crippen LogP contribution in [0.2, 0.25) is 0 Å². The minimum atomic E-state index is -4.36. The molecule has 2 unspecified atom stereocenters. The third-order valence-corrected chi connectivity index (χ3v) is 6.13. The van der Waals surface area contributed by atoms with Crippen molar-refractivity contribution in [1.82, 2.24) is 20.0 Å². The highest BCUT2D eigenvalue weighted by Gasteiger charge is 2.33. The van der Waals surface area contributed by atoms with Crippen molar-refractivity contribution in [2.45, 2.75) is 25.2 Å². The van der Waals surface area contributed by atoms with Gasteiger partial charge in [-0.1, -0.05) is 12.1 Å². The Kier molecular flexibility index (Phi) is 8.44. The highest BCUT2D eigenvalue weighted by molar-refractivity contribution is 14.0. The maximum absolute atomic E-state index is 13.1. The molecular weight excluding hydrogens is 522 g/mol. The topological polar surface area (TPSA) is 43.3 Å². The van der Waals surface area contributed by atoms with E-state index in [9.17, 15) is 13.2 Å². The Morgan fingerprint density at radius 3 is 2.58 bits per heavy atom. The standard InChI is InChI=1S/C21H30F3N5O.HI/c1-2-25-20(26-13-18-14-27-6-8-28(18)9-7-27)29-10-11-30-19(15-29)16-4-3-5-17(12-16)21(22,23)24;/h3-5,12,18-19H,2,6-11,13-15H2,1H3,(H,25,26);1H. The minimum Gasteiger partial charge on any atom is -0.370 e. The maximum atomic E-state index is 13.1. The molecule has 0 spiro atoms. The third-order valence-electron chi connectivity index (χ3n) is 6.13. The molecule has 4 aliphatic heterocycles. The van der Waals surface area contributed by atoms with Gasteiger partial charge in [0.1, 0.15) is 6.10 Å². The van der Waals surface area contributed by atoms with Gasteiger partial charge >= 0.3 is 6.18 Å². The van der Waals surface area contributed by atoms with Crippen molar-refractivity contribution in [3.63, 3.8) is 0 Å². The molecule has 0 aromatic heterocycles. The number of piperazine rings is 3. The first-order valence-corrected chi connectivity index (χ1v) is 10.7. The Balaban J connectivity index is 0.00000272. The molecule has 1 aromatic carbocycles. The third kappa shape index (κ3) is 6.02. The van der Waals surface area contributed by atoms with E-state index in [-0.39, 0.29) is 24.0 Å². The fourth-order valence-electron chi connectivity index (χ4n) is 4.47. The Morgan fingerprint density at radius 2 is 1.94 bits per heavy atom. The van der Waals surface area contributed by atoms with E-state index in [4.69, 9.17) is 9.73 Å². The average molecular weight is 553 g/mol. The fraction of sp³-hybridized carbons (Fsp3) is 0.667. The van der Waals surface area contributed by atoms with Gasteiger partial charge in [0.15, 0.2) is 5.96 Å². The highest BCUT2D eigenvalue weighted by atomic mass is 127. The molecule has 6 nitrogen and oxygen atoms in total. The quantitative estimate of drug-likeness (QED) is 0.353. The number of halogens is 4. The Morgan fingerprint density at radius 1 is 1.16 bits per heavy atom. The summed E-state index contributed by atoms with van der Waals surface area (Å²) in [6.45, 7) is 10.6. The summed E-state index contributed by atoms with van der Waals surface area (Å²) in [6.07, 6.45) is -4.77. The molecule has 2 atom stereocenters. The molecule has 4 saturated heterocycles. The summed E-state index contributed by atoms with van der Waals surface area (Å²) in [4.78, 5) is 12.0. The summed E-state index contributed by atoms with van der Waals surface area (Å²) < 4.78 is 45.1. The summed E-state index contributed by atoms with van der Waals surface area (Å²) in [6, 6.07) is 5.87. The summed E-state index contributed by atoms with van der Waals surface area (Å²) in [5, 5.41) is 3.35. The number of rotatable bonds is 4. The van der Waals surface area contributed by atoms with Crippen molar-refractivity contribution in [1.29, 1.82) is 0 Å². The van der Waals surface area contributed by atoms with Gasteiger partial charge in [0.25, 0.3) is 0 Å². The molecular formula is C21H31F3IN5O. The van der Waals surface area contributed by atoms with Crippen LogP contribution in [0.25, 0.3) is 0 Å². The van der Waals surface area contributed by atoms with E-state index in [0.29, 0.717) is 31.3 Å². The van der Waals surface area contributed by atoms with Crippen LogP contribution in [0.4, 0.5) is 13.2 Å². The molecule has 5 rings (SSSR count). The van der Waals surface area contributed by atoms with E-state index in [0.717, 1.165) is 57.8 Å². The number of hydrogen-bond acceptors (Lipinski definition) is 4. The van der Waals surface area contributed by atoms with E-state index in [1.807, 2.05) is 6.92 Å². The molecule has 0 saturated carbocycles. The van der Waals surface area contributed by atoms with E-state index < -0.39 is 17.8 Å². The van der Waals surface area contributed by atoms with Gasteiger partial charge in [-0.25, -0.2) is 0 Å². The number of nitrogens with zero attached hydrogens (tertiary/aromatic N) is 4. The molecule has 0 radical (unpaired) electrons. The number of hydrogen-bond donors (Lipinski definition) is 1. The van der Waals surface area contributed by atoms with Gasteiger partial charge in [0, 0.05) is 51.9 Å². The van der Waals surface area contributed by atoms with Gasteiger partial charge in [0.05, 0.1) is 25.3 Å². The average Bonchev–Trinajstić information content (AvgIpc) is 2.77. The molecule has 1 N–H and O–H groups in total. The predicted molar refractivity (Wildman–Crippen MR) is 125 cm³/mol. The van der Waals surface area contributed by atoms with Gasteiger partial charge in [-0.05, 0) is 24.6 Å². The normalized spacial score (nSPS) is 28.9. The van der Waals surface area contributed by atoms with Crippen molar-refractivity contribution in [3.05, 3.63) is 35.4 Å². The van der Waals surface area contributed by atoms with Gasteiger partial charge < -0.3 is 15.0 Å². The number of fused-ring (bicyclic) bond motifs is 3. The van der Waals surface area contributed by atoms with Crippen molar-refractivity contribution in [2.24, 2.45) is 4.99 Å². The number of alkyl halides is 3. The molecule has 10 heteroatoms. The monoisotopic (exact) mass is 553 g/mol. The van der Waals surface area contributed by atoms with Crippen LogP contribution in [-0.4, -0.2) is 92.2 Å². The Labute approximate surface area is 198 Å². The highest BCUT2D eigenvalue weighted by Crippen LogP contribution is 2.32. The van der Waals surface area contributed by atoms with Crippen LogP contribution in [0.3, 0.4) is 0 Å². The molecule has 174 valence electrons. The molecule has 2 bridgehead atoms. The second-order valence-corrected chi connectivity index (χ2v) is 8.11. The van der Waals surface area contributed by atoms with Gasteiger partial charge in [0.2, 0.25) is 0 Å². The lowest BCUT2D eigenvalue weighted by molar-refractivity contribution is -0.137. The lowest BCUT2D eigenvalue weighted by Crippen LogP contribution is -2.62. The molecule has 4 aliphatic rings. The second kappa shape index (κ2) is 10.7. The van der Waals surface area contributed by atoms with Crippen LogP contribution in [-0.2, 0) is 10.9 Å². The van der Waals surface area contributed by atoms with Crippen molar-refractivity contribution >= 4 is 29.9 Å². The van der Waals surface area contributed by atoms with E-state index in [1.165, 1.54) is 12.1 Å².